The Morgan fingerprint density at radius 1 is 0.448 bits per heavy atom. The largest absolute Gasteiger partial charge is 0.494 e. The van der Waals surface area contributed by atoms with Crippen LogP contribution in [-0.2, 0) is 44.7 Å². The molecular formula is C56H101NO10. The summed E-state index contributed by atoms with van der Waals surface area (Å²) in [6.07, 6.45) is 33.6. The van der Waals surface area contributed by atoms with Crippen LogP contribution in [0.3, 0.4) is 0 Å². The Balaban J connectivity index is 2.42. The van der Waals surface area contributed by atoms with Crippen molar-refractivity contribution in [3.05, 3.63) is 23.8 Å². The molecule has 0 N–H and O–H groups in total. The van der Waals surface area contributed by atoms with E-state index >= 15 is 0 Å². The average Bonchev–Trinajstić information content (AvgIpc) is 3.31. The fourth-order valence-electron chi connectivity index (χ4n) is 7.72. The number of unbranched alkanes of at least 4 members (excludes halogenated alkanes) is 23. The predicted molar refractivity (Wildman–Crippen MR) is 273 cm³/mol. The lowest BCUT2D eigenvalue weighted by molar-refractivity contribution is -0.159. The summed E-state index contributed by atoms with van der Waals surface area (Å²) < 4.78 is 41.2. The van der Waals surface area contributed by atoms with E-state index < -0.39 is 0 Å². The lowest BCUT2D eigenvalue weighted by Gasteiger charge is -2.18. The highest BCUT2D eigenvalue weighted by Gasteiger charge is 2.15. The van der Waals surface area contributed by atoms with E-state index in [2.05, 4.69) is 25.7 Å². The van der Waals surface area contributed by atoms with E-state index in [-0.39, 0.29) is 37.2 Å². The van der Waals surface area contributed by atoms with Crippen LogP contribution in [0.1, 0.15) is 238 Å². The van der Waals surface area contributed by atoms with Crippen molar-refractivity contribution in [3.8, 4) is 11.5 Å². The van der Waals surface area contributed by atoms with E-state index in [0.29, 0.717) is 64.7 Å². The number of hydrogen-bond donors (Lipinski definition) is 0. The monoisotopic (exact) mass is 948 g/mol. The number of benzene rings is 1. The van der Waals surface area contributed by atoms with Crippen molar-refractivity contribution < 1.29 is 47.5 Å². The number of esters is 3. The van der Waals surface area contributed by atoms with Gasteiger partial charge in [-0.05, 0) is 96.6 Å². The van der Waals surface area contributed by atoms with E-state index in [4.69, 9.17) is 33.2 Å². The van der Waals surface area contributed by atoms with Crippen molar-refractivity contribution in [2.24, 2.45) is 0 Å². The van der Waals surface area contributed by atoms with Gasteiger partial charge in [0.15, 0.2) is 6.29 Å². The molecule has 0 unspecified atom stereocenters. The zero-order chi connectivity index (χ0) is 48.7. The molecule has 0 aliphatic carbocycles. The summed E-state index contributed by atoms with van der Waals surface area (Å²) in [5.74, 6) is 0.910. The van der Waals surface area contributed by atoms with Gasteiger partial charge >= 0.3 is 17.9 Å². The third-order valence-electron chi connectivity index (χ3n) is 12.0. The van der Waals surface area contributed by atoms with Crippen LogP contribution in [0.5, 0.6) is 11.5 Å². The highest BCUT2D eigenvalue weighted by molar-refractivity contribution is 5.70. The molecule has 1 aromatic carbocycles. The molecule has 0 aromatic heterocycles. The SMILES string of the molecule is CCCCCCCCCC(=O)OCCCCCCCCOc1ccc(OCCCCCOC(=O)CCC(OCCCCCCCC)OCCCCCCCC)c(COC(=O)CCCN(C)C)c1. The second-order valence-electron chi connectivity index (χ2n) is 18.8. The molecule has 0 aliphatic rings. The zero-order valence-corrected chi connectivity index (χ0v) is 43.8. The lowest BCUT2D eigenvalue weighted by atomic mass is 10.1. The van der Waals surface area contributed by atoms with Gasteiger partial charge < -0.3 is 38.1 Å². The maximum absolute atomic E-state index is 12.6. The van der Waals surface area contributed by atoms with Crippen LogP contribution in [-0.4, -0.2) is 89.4 Å². The summed E-state index contributed by atoms with van der Waals surface area (Å²) in [4.78, 5) is 39.2. The lowest BCUT2D eigenvalue weighted by Crippen LogP contribution is -2.21. The Hall–Kier alpha value is -2.89. The number of rotatable bonds is 50. The first-order chi connectivity index (χ1) is 32.8. The average molecular weight is 948 g/mol. The van der Waals surface area contributed by atoms with Gasteiger partial charge in [-0.2, -0.15) is 0 Å². The molecule has 67 heavy (non-hydrogen) atoms. The van der Waals surface area contributed by atoms with Crippen molar-refractivity contribution >= 4 is 17.9 Å². The highest BCUT2D eigenvalue weighted by Crippen LogP contribution is 2.26. The van der Waals surface area contributed by atoms with Gasteiger partial charge in [-0.3, -0.25) is 14.4 Å². The van der Waals surface area contributed by atoms with Crippen molar-refractivity contribution in [1.82, 2.24) is 4.90 Å². The van der Waals surface area contributed by atoms with Crippen LogP contribution in [0.25, 0.3) is 0 Å². The smallest absolute Gasteiger partial charge is 0.306 e. The number of hydrogen-bond acceptors (Lipinski definition) is 11. The van der Waals surface area contributed by atoms with E-state index in [1.165, 1.54) is 83.5 Å². The van der Waals surface area contributed by atoms with Crippen LogP contribution in [0.4, 0.5) is 0 Å². The molecule has 0 radical (unpaired) electrons. The first kappa shape index (κ1) is 62.1. The van der Waals surface area contributed by atoms with Gasteiger partial charge in [-0.25, -0.2) is 0 Å². The Kier molecular flexibility index (Phi) is 43.4. The standard InChI is InChI=1S/C56H101NO10/c1-6-9-12-15-18-21-27-35-53(58)63-44-29-25-20-19-24-28-42-61-51-37-38-52(50(48-51)49-67-54(59)36-34-41-57(4)5)62-43-32-26-33-45-64-55(60)39-40-56(65-46-30-22-16-13-10-7-2)66-47-31-23-17-14-11-8-3/h37-38,48,56H,6-36,39-47,49H2,1-5H3. The van der Waals surface area contributed by atoms with E-state index in [0.717, 1.165) is 121 Å². The van der Waals surface area contributed by atoms with Crippen LogP contribution in [0.2, 0.25) is 0 Å². The molecule has 0 fully saturated rings. The first-order valence-corrected chi connectivity index (χ1v) is 27.5. The second-order valence-corrected chi connectivity index (χ2v) is 18.8. The molecule has 0 saturated heterocycles. The van der Waals surface area contributed by atoms with Crippen LogP contribution >= 0.6 is 0 Å². The number of carbonyl (C=O) groups is 3. The molecule has 0 bridgehead atoms. The summed E-state index contributed by atoms with van der Waals surface area (Å²) >= 11 is 0. The summed E-state index contributed by atoms with van der Waals surface area (Å²) in [6, 6.07) is 5.73. The fraction of sp³-hybridized carbons (Fsp3) is 0.839. The second kappa shape index (κ2) is 46.8. The van der Waals surface area contributed by atoms with Gasteiger partial charge in [-0.1, -0.05) is 149 Å². The molecule has 0 aliphatic heterocycles. The van der Waals surface area contributed by atoms with Gasteiger partial charge in [0.2, 0.25) is 0 Å². The van der Waals surface area contributed by atoms with Crippen molar-refractivity contribution in [2.45, 2.75) is 246 Å². The Labute approximate surface area is 410 Å². The Bertz CT molecular complexity index is 1270. The molecular weight excluding hydrogens is 847 g/mol. The minimum Gasteiger partial charge on any atom is -0.494 e. The molecule has 1 aromatic rings. The Morgan fingerprint density at radius 2 is 0.866 bits per heavy atom. The minimum atomic E-state index is -0.366. The number of nitrogens with zero attached hydrogens (tertiary/aromatic N) is 1. The van der Waals surface area contributed by atoms with E-state index in [1.807, 2.05) is 32.3 Å². The number of carbonyl (C=O) groups excluding carboxylic acids is 3. The quantitative estimate of drug-likeness (QED) is 0.0269. The fourth-order valence-corrected chi connectivity index (χ4v) is 7.72. The third-order valence-corrected chi connectivity index (χ3v) is 12.0. The first-order valence-electron chi connectivity index (χ1n) is 27.5. The molecule has 1 rings (SSSR count). The highest BCUT2D eigenvalue weighted by atomic mass is 16.7. The van der Waals surface area contributed by atoms with E-state index in [9.17, 15) is 14.4 Å². The van der Waals surface area contributed by atoms with Crippen molar-refractivity contribution in [3.63, 3.8) is 0 Å². The van der Waals surface area contributed by atoms with Crippen LogP contribution < -0.4 is 9.47 Å². The van der Waals surface area contributed by atoms with Gasteiger partial charge in [-0.15, -0.1) is 0 Å². The van der Waals surface area contributed by atoms with E-state index in [1.54, 1.807) is 0 Å². The maximum atomic E-state index is 12.6. The normalized spacial score (nSPS) is 11.4. The third kappa shape index (κ3) is 40.7. The summed E-state index contributed by atoms with van der Waals surface area (Å²) in [5.41, 5.74) is 0.778. The molecule has 0 atom stereocenters. The summed E-state index contributed by atoms with van der Waals surface area (Å²) in [5, 5.41) is 0. The van der Waals surface area contributed by atoms with Gasteiger partial charge in [0, 0.05) is 38.0 Å². The zero-order valence-electron chi connectivity index (χ0n) is 43.8. The van der Waals surface area contributed by atoms with Gasteiger partial charge in [0.25, 0.3) is 0 Å². The molecule has 0 heterocycles. The molecule has 0 spiro atoms. The molecule has 0 amide bonds. The van der Waals surface area contributed by atoms with Gasteiger partial charge in [0.05, 0.1) is 32.8 Å². The molecule has 390 valence electrons. The topological polar surface area (TPSA) is 119 Å². The minimum absolute atomic E-state index is 0.0528. The predicted octanol–water partition coefficient (Wildman–Crippen LogP) is 14.4. The van der Waals surface area contributed by atoms with Crippen LogP contribution in [0, 0.1) is 0 Å². The maximum Gasteiger partial charge on any atom is 0.306 e. The summed E-state index contributed by atoms with van der Waals surface area (Å²) in [7, 11) is 3.98. The summed E-state index contributed by atoms with van der Waals surface area (Å²) in [6.45, 7) is 11.0. The Morgan fingerprint density at radius 3 is 1.40 bits per heavy atom. The van der Waals surface area contributed by atoms with Gasteiger partial charge in [0.1, 0.15) is 18.1 Å². The van der Waals surface area contributed by atoms with Crippen molar-refractivity contribution in [1.29, 1.82) is 0 Å². The molecule has 0 saturated carbocycles. The van der Waals surface area contributed by atoms with Crippen LogP contribution in [0.15, 0.2) is 18.2 Å². The number of ether oxygens (including phenoxy) is 7. The molecule has 11 nitrogen and oxygen atoms in total. The van der Waals surface area contributed by atoms with Crippen molar-refractivity contribution in [2.75, 3.05) is 60.3 Å². The molecule has 11 heteroatoms.